The van der Waals surface area contributed by atoms with E-state index in [1.54, 1.807) is 0 Å². The van der Waals surface area contributed by atoms with Crippen LogP contribution in [0, 0.1) is 6.92 Å². The number of hydrogen-bond donors (Lipinski definition) is 1. The zero-order valence-electron chi connectivity index (χ0n) is 5.69. The monoisotopic (exact) mass is 238 g/mol. The van der Waals surface area contributed by atoms with E-state index in [-0.39, 0.29) is 24.0 Å². The predicted octanol–water partition coefficient (Wildman–Crippen LogP) is -2.37. The third-order valence-electron chi connectivity index (χ3n) is 1.32. The second-order valence-corrected chi connectivity index (χ2v) is 1.83. The van der Waals surface area contributed by atoms with E-state index in [4.69, 9.17) is 0 Å². The van der Waals surface area contributed by atoms with Gasteiger partial charge in [-0.2, -0.15) is 0 Å². The number of nitrogens with one attached hydrogen (secondary N) is 1. The van der Waals surface area contributed by atoms with Gasteiger partial charge in [0.15, 0.2) is 0 Å². The Balaban J connectivity index is 0.000000640. The van der Waals surface area contributed by atoms with Crippen LogP contribution in [-0.4, -0.2) is 4.98 Å². The van der Waals surface area contributed by atoms with Crippen LogP contribution in [0.3, 0.4) is 0 Å². The number of halogens is 1. The average Bonchev–Trinajstić information content (AvgIpc) is 2.14. The van der Waals surface area contributed by atoms with Crippen molar-refractivity contribution < 1.29 is 28.5 Å². The first-order valence-electron chi connectivity index (χ1n) is 2.88. The summed E-state index contributed by atoms with van der Waals surface area (Å²) in [4.78, 5) is 3.08. The van der Waals surface area contributed by atoms with Gasteiger partial charge in [-0.3, -0.25) is 0 Å². The van der Waals surface area contributed by atoms with Crippen molar-refractivity contribution in [1.82, 2.24) is 4.98 Å². The molecule has 0 saturated carbocycles. The third kappa shape index (κ3) is 1.97. The molecule has 1 aromatic heterocycles. The number of nitrogens with zero attached hydrogens (tertiary/aromatic N) is 1. The molecule has 0 saturated heterocycles. The van der Waals surface area contributed by atoms with E-state index in [0.29, 0.717) is 0 Å². The topological polar surface area (TPSA) is 19.7 Å². The van der Waals surface area contributed by atoms with Gasteiger partial charge >= 0.3 is 0 Å². The Morgan fingerprint density at radius 2 is 2.33 bits per heavy atom. The van der Waals surface area contributed by atoms with E-state index in [1.807, 2.05) is 12.4 Å². The van der Waals surface area contributed by atoms with E-state index in [2.05, 4.69) is 23.4 Å². The molecule has 0 aromatic carbocycles. The van der Waals surface area contributed by atoms with Crippen molar-refractivity contribution >= 4 is 0 Å². The van der Waals surface area contributed by atoms with Crippen LogP contribution in [0.5, 0.6) is 0 Å². The normalized spacial score (nSPS) is 8.67. The van der Waals surface area contributed by atoms with E-state index in [9.17, 15) is 0 Å². The highest BCUT2D eigenvalue weighted by Gasteiger charge is 1.97. The number of aryl methyl sites for hydroxylation is 2. The second kappa shape index (κ2) is 3.87. The molecule has 0 spiro atoms. The van der Waals surface area contributed by atoms with Gasteiger partial charge in [0.25, 0.3) is 5.82 Å². The van der Waals surface area contributed by atoms with Gasteiger partial charge in [-0.1, -0.05) is 0 Å². The number of aromatic amines is 1. The molecule has 52 valence electrons. The zero-order chi connectivity index (χ0) is 5.98. The van der Waals surface area contributed by atoms with E-state index in [0.717, 1.165) is 6.54 Å². The number of H-pyrrole nitrogens is 1. The highest BCUT2D eigenvalue weighted by Crippen LogP contribution is 1.78. The zero-order valence-corrected chi connectivity index (χ0v) is 7.84. The molecule has 1 N–H and O–H groups in total. The molecular weight excluding hydrogens is 227 g/mol. The lowest BCUT2D eigenvalue weighted by Gasteiger charge is -1.86. The summed E-state index contributed by atoms with van der Waals surface area (Å²) >= 11 is 0. The van der Waals surface area contributed by atoms with Crippen molar-refractivity contribution in [1.29, 1.82) is 0 Å². The van der Waals surface area contributed by atoms with Crippen molar-refractivity contribution in [3.63, 3.8) is 0 Å². The molecule has 2 nitrogen and oxygen atoms in total. The van der Waals surface area contributed by atoms with Gasteiger partial charge in [-0.25, -0.2) is 9.55 Å². The molecule has 1 rings (SSSR count). The molecular formula is C6H11IN2. The van der Waals surface area contributed by atoms with Crippen molar-refractivity contribution in [3.05, 3.63) is 18.2 Å². The van der Waals surface area contributed by atoms with Crippen LogP contribution < -0.4 is 28.5 Å². The standard InChI is InChI=1S/C6H10N2.HI/c1-3-8-5-4-7-6(8)2;/h4-5H,3H2,1-2H3;1H. The number of imidazole rings is 1. The molecule has 0 unspecified atom stereocenters. The minimum absolute atomic E-state index is 0. The summed E-state index contributed by atoms with van der Waals surface area (Å²) in [6, 6.07) is 0. The van der Waals surface area contributed by atoms with Gasteiger partial charge < -0.3 is 24.0 Å². The van der Waals surface area contributed by atoms with Crippen LogP contribution in [0.2, 0.25) is 0 Å². The first-order valence-corrected chi connectivity index (χ1v) is 2.88. The number of hydrogen-bond acceptors (Lipinski definition) is 0. The minimum atomic E-state index is 0. The second-order valence-electron chi connectivity index (χ2n) is 1.83. The Bertz CT molecular complexity index is 171. The van der Waals surface area contributed by atoms with Crippen LogP contribution in [0.1, 0.15) is 12.7 Å². The lowest BCUT2D eigenvalue weighted by molar-refractivity contribution is -0.698. The fraction of sp³-hybridized carbons (Fsp3) is 0.500. The highest BCUT2D eigenvalue weighted by atomic mass is 127. The van der Waals surface area contributed by atoms with Gasteiger partial charge in [0.1, 0.15) is 12.4 Å². The maximum absolute atomic E-state index is 3.08. The number of rotatable bonds is 1. The predicted molar refractivity (Wildman–Crippen MR) is 31.4 cm³/mol. The molecule has 1 aromatic rings. The van der Waals surface area contributed by atoms with Crippen LogP contribution in [-0.2, 0) is 6.54 Å². The first-order chi connectivity index (χ1) is 3.84. The van der Waals surface area contributed by atoms with Crippen LogP contribution in [0.15, 0.2) is 12.4 Å². The molecule has 0 amide bonds. The summed E-state index contributed by atoms with van der Waals surface area (Å²) in [6.07, 6.45) is 3.98. The Morgan fingerprint density at radius 3 is 2.56 bits per heavy atom. The summed E-state index contributed by atoms with van der Waals surface area (Å²) in [6.45, 7) is 5.24. The Morgan fingerprint density at radius 1 is 1.67 bits per heavy atom. The lowest BCUT2D eigenvalue weighted by Crippen LogP contribution is -3.00. The van der Waals surface area contributed by atoms with Gasteiger partial charge in [-0.05, 0) is 6.92 Å². The minimum Gasteiger partial charge on any atom is -1.00 e. The maximum atomic E-state index is 3.08. The van der Waals surface area contributed by atoms with E-state index in [1.165, 1.54) is 5.82 Å². The molecule has 0 aliphatic carbocycles. The van der Waals surface area contributed by atoms with Crippen molar-refractivity contribution in [3.8, 4) is 0 Å². The van der Waals surface area contributed by atoms with Crippen LogP contribution >= 0.6 is 0 Å². The van der Waals surface area contributed by atoms with E-state index >= 15 is 0 Å². The molecule has 0 atom stereocenters. The maximum Gasteiger partial charge on any atom is 0.250 e. The fourth-order valence-corrected chi connectivity index (χ4v) is 0.785. The van der Waals surface area contributed by atoms with Gasteiger partial charge in [0.05, 0.1) is 6.54 Å². The molecule has 0 bridgehead atoms. The summed E-state index contributed by atoms with van der Waals surface area (Å²) < 4.78 is 2.15. The number of aromatic nitrogens is 2. The van der Waals surface area contributed by atoms with Gasteiger partial charge in [0.2, 0.25) is 0 Å². The summed E-state index contributed by atoms with van der Waals surface area (Å²) in [5, 5.41) is 0. The largest absolute Gasteiger partial charge is 1.00 e. The van der Waals surface area contributed by atoms with Crippen molar-refractivity contribution in [2.24, 2.45) is 0 Å². The lowest BCUT2D eigenvalue weighted by atomic mass is 10.6. The molecule has 3 heteroatoms. The quantitative estimate of drug-likeness (QED) is 0.417. The molecule has 0 fully saturated rings. The summed E-state index contributed by atoms with van der Waals surface area (Å²) in [5.41, 5.74) is 0. The van der Waals surface area contributed by atoms with Gasteiger partial charge in [0, 0.05) is 6.92 Å². The molecule has 0 aliphatic rings. The van der Waals surface area contributed by atoms with Crippen molar-refractivity contribution in [2.75, 3.05) is 0 Å². The Kier molecular flexibility index (Phi) is 3.84. The van der Waals surface area contributed by atoms with E-state index < -0.39 is 0 Å². The van der Waals surface area contributed by atoms with Crippen LogP contribution in [0.4, 0.5) is 0 Å². The fourth-order valence-electron chi connectivity index (χ4n) is 0.785. The average molecular weight is 238 g/mol. The van der Waals surface area contributed by atoms with Gasteiger partial charge in [-0.15, -0.1) is 0 Å². The molecule has 0 aliphatic heterocycles. The first kappa shape index (κ1) is 8.94. The smallest absolute Gasteiger partial charge is 0.250 e. The highest BCUT2D eigenvalue weighted by molar-refractivity contribution is 4.70. The molecule has 1 heterocycles. The Hall–Kier alpha value is -0.0600. The molecule has 9 heavy (non-hydrogen) atoms. The van der Waals surface area contributed by atoms with Crippen LogP contribution in [0.25, 0.3) is 0 Å². The summed E-state index contributed by atoms with van der Waals surface area (Å²) in [5.74, 6) is 1.22. The Labute approximate surface area is 72.3 Å². The molecule has 0 radical (unpaired) electrons. The van der Waals surface area contributed by atoms with Crippen molar-refractivity contribution in [2.45, 2.75) is 20.4 Å². The third-order valence-corrected chi connectivity index (χ3v) is 1.32. The summed E-state index contributed by atoms with van der Waals surface area (Å²) in [7, 11) is 0. The SMILES string of the molecule is CC[n+]1cc[nH]c1C.[I-].